The van der Waals surface area contributed by atoms with Crippen LogP contribution in [0.1, 0.15) is 40.3 Å². The van der Waals surface area contributed by atoms with Crippen molar-refractivity contribution in [2.45, 2.75) is 38.6 Å². The summed E-state index contributed by atoms with van der Waals surface area (Å²) < 4.78 is 0. The zero-order valence-corrected chi connectivity index (χ0v) is 11.9. The highest BCUT2D eigenvalue weighted by Crippen LogP contribution is 2.38. The summed E-state index contributed by atoms with van der Waals surface area (Å²) in [6.07, 6.45) is 4.63. The highest BCUT2D eigenvalue weighted by molar-refractivity contribution is 5.91. The van der Waals surface area contributed by atoms with Crippen molar-refractivity contribution in [1.82, 2.24) is 15.3 Å². The number of benzene rings is 1. The number of rotatable bonds is 4. The van der Waals surface area contributed by atoms with E-state index in [1.807, 2.05) is 6.92 Å². The monoisotopic (exact) mass is 269 g/mol. The van der Waals surface area contributed by atoms with Crippen LogP contribution in [-0.4, -0.2) is 21.4 Å². The van der Waals surface area contributed by atoms with Crippen LogP contribution in [0, 0.1) is 13.8 Å². The fourth-order valence-electron chi connectivity index (χ4n) is 2.42. The summed E-state index contributed by atoms with van der Waals surface area (Å²) in [6, 6.07) is 8.50. The summed E-state index contributed by atoms with van der Waals surface area (Å²) >= 11 is 0. The van der Waals surface area contributed by atoms with E-state index >= 15 is 0 Å². The van der Waals surface area contributed by atoms with Gasteiger partial charge in [-0.25, -0.2) is 4.98 Å². The number of hydrogen-bond donors (Lipinski definition) is 2. The van der Waals surface area contributed by atoms with Crippen LogP contribution >= 0.6 is 0 Å². The van der Waals surface area contributed by atoms with Gasteiger partial charge in [-0.2, -0.15) is 0 Å². The molecule has 1 fully saturated rings. The second-order valence-electron chi connectivity index (χ2n) is 5.81. The number of aromatic nitrogens is 2. The molecule has 1 aromatic carbocycles. The van der Waals surface area contributed by atoms with Gasteiger partial charge in [0.25, 0.3) is 5.91 Å². The zero-order valence-electron chi connectivity index (χ0n) is 11.9. The molecule has 0 aliphatic heterocycles. The highest BCUT2D eigenvalue weighted by atomic mass is 16.2. The molecule has 2 aromatic rings. The number of carbonyl (C=O) groups excluding carboxylic acids is 1. The number of aryl methyl sites for hydroxylation is 2. The summed E-state index contributed by atoms with van der Waals surface area (Å²) in [4.78, 5) is 19.2. The van der Waals surface area contributed by atoms with Crippen LogP contribution in [0.2, 0.25) is 0 Å². The molecular formula is C16H19N3O. The molecule has 1 saturated carbocycles. The summed E-state index contributed by atoms with van der Waals surface area (Å²) in [5, 5.41) is 3.13. The normalized spacial score (nSPS) is 15.9. The van der Waals surface area contributed by atoms with Gasteiger partial charge in [-0.15, -0.1) is 0 Å². The van der Waals surface area contributed by atoms with Gasteiger partial charge in [-0.3, -0.25) is 4.79 Å². The third-order valence-corrected chi connectivity index (χ3v) is 3.81. The van der Waals surface area contributed by atoms with Crippen molar-refractivity contribution in [3.8, 4) is 0 Å². The lowest BCUT2D eigenvalue weighted by Gasteiger charge is -2.17. The first-order valence-electron chi connectivity index (χ1n) is 6.96. The van der Waals surface area contributed by atoms with E-state index in [9.17, 15) is 4.79 Å². The summed E-state index contributed by atoms with van der Waals surface area (Å²) in [5.41, 5.74) is 3.35. The Hall–Kier alpha value is -2.10. The van der Waals surface area contributed by atoms with Gasteiger partial charge in [0.15, 0.2) is 5.82 Å². The fraction of sp³-hybridized carbons (Fsp3) is 0.375. The van der Waals surface area contributed by atoms with E-state index in [1.54, 1.807) is 6.20 Å². The van der Waals surface area contributed by atoms with E-state index in [0.717, 1.165) is 25.0 Å². The quantitative estimate of drug-likeness (QED) is 0.896. The molecule has 0 bridgehead atoms. The Morgan fingerprint density at radius 3 is 2.55 bits per heavy atom. The van der Waals surface area contributed by atoms with E-state index in [2.05, 4.69) is 46.5 Å². The van der Waals surface area contributed by atoms with E-state index in [-0.39, 0.29) is 11.4 Å². The highest BCUT2D eigenvalue weighted by Gasteiger charge is 2.44. The molecule has 0 atom stereocenters. The Bertz CT molecular complexity index is 623. The number of nitrogens with one attached hydrogen (secondary N) is 2. The fourth-order valence-corrected chi connectivity index (χ4v) is 2.42. The number of nitrogens with zero attached hydrogens (tertiary/aromatic N) is 1. The van der Waals surface area contributed by atoms with Crippen molar-refractivity contribution in [1.29, 1.82) is 0 Å². The molecule has 1 amide bonds. The van der Waals surface area contributed by atoms with Crippen LogP contribution < -0.4 is 5.32 Å². The molecule has 1 aliphatic rings. The summed E-state index contributed by atoms with van der Waals surface area (Å²) in [7, 11) is 0. The van der Waals surface area contributed by atoms with E-state index in [0.29, 0.717) is 5.82 Å². The molecule has 0 unspecified atom stereocenters. The van der Waals surface area contributed by atoms with Gasteiger partial charge in [-0.1, -0.05) is 29.8 Å². The van der Waals surface area contributed by atoms with Gasteiger partial charge >= 0.3 is 0 Å². The first-order chi connectivity index (χ1) is 9.56. The Morgan fingerprint density at radius 2 is 2.00 bits per heavy atom. The lowest BCUT2D eigenvalue weighted by Crippen LogP contribution is -2.39. The van der Waals surface area contributed by atoms with Gasteiger partial charge in [0.1, 0.15) is 0 Å². The smallest absolute Gasteiger partial charge is 0.287 e. The third kappa shape index (κ3) is 2.74. The number of hydrogen-bond acceptors (Lipinski definition) is 2. The Morgan fingerprint density at radius 1 is 1.30 bits per heavy atom. The van der Waals surface area contributed by atoms with Crippen molar-refractivity contribution in [3.05, 3.63) is 53.1 Å². The van der Waals surface area contributed by atoms with E-state index in [4.69, 9.17) is 0 Å². The van der Waals surface area contributed by atoms with Crippen LogP contribution in [0.3, 0.4) is 0 Å². The van der Waals surface area contributed by atoms with Crippen LogP contribution in [0.25, 0.3) is 0 Å². The molecular weight excluding hydrogens is 250 g/mol. The van der Waals surface area contributed by atoms with Crippen molar-refractivity contribution < 1.29 is 4.79 Å². The van der Waals surface area contributed by atoms with Crippen LogP contribution in [0.4, 0.5) is 0 Å². The maximum atomic E-state index is 12.2. The second-order valence-corrected chi connectivity index (χ2v) is 5.81. The van der Waals surface area contributed by atoms with Gasteiger partial charge < -0.3 is 10.3 Å². The van der Waals surface area contributed by atoms with Gasteiger partial charge in [0, 0.05) is 17.4 Å². The summed E-state index contributed by atoms with van der Waals surface area (Å²) in [5.74, 6) is 0.292. The van der Waals surface area contributed by atoms with Gasteiger partial charge in [-0.05, 0) is 38.7 Å². The maximum absolute atomic E-state index is 12.2. The molecule has 0 radical (unpaired) electrons. The predicted molar refractivity (Wildman–Crippen MR) is 77.6 cm³/mol. The lowest BCUT2D eigenvalue weighted by molar-refractivity contribution is 0.0921. The van der Waals surface area contributed by atoms with Gasteiger partial charge in [0.2, 0.25) is 0 Å². The molecule has 0 spiro atoms. The topological polar surface area (TPSA) is 57.8 Å². The van der Waals surface area contributed by atoms with E-state index in [1.165, 1.54) is 11.1 Å². The maximum Gasteiger partial charge on any atom is 0.287 e. The molecule has 1 aliphatic carbocycles. The first-order valence-corrected chi connectivity index (χ1v) is 6.96. The Balaban J connectivity index is 1.67. The van der Waals surface area contributed by atoms with Crippen molar-refractivity contribution in [2.24, 2.45) is 0 Å². The van der Waals surface area contributed by atoms with Gasteiger partial charge in [0.05, 0.1) is 0 Å². The second kappa shape index (κ2) is 4.78. The Kier molecular flexibility index (Phi) is 3.08. The molecule has 1 aromatic heterocycles. The molecule has 4 heteroatoms. The first kappa shape index (κ1) is 12.9. The lowest BCUT2D eigenvalue weighted by atomic mass is 10.0. The third-order valence-electron chi connectivity index (χ3n) is 3.81. The molecule has 104 valence electrons. The summed E-state index contributed by atoms with van der Waals surface area (Å²) in [6.45, 7) is 3.97. The van der Waals surface area contributed by atoms with Crippen LogP contribution in [0.15, 0.2) is 30.5 Å². The predicted octanol–water partition coefficient (Wildman–Crippen LogP) is 2.53. The minimum Gasteiger partial charge on any atom is -0.344 e. The zero-order chi connectivity index (χ0) is 14.2. The van der Waals surface area contributed by atoms with Crippen molar-refractivity contribution >= 4 is 5.91 Å². The SMILES string of the molecule is Cc1ccc(CC2(NC(=O)c3ncc(C)[nH]3)CC2)cc1. The van der Waals surface area contributed by atoms with Crippen molar-refractivity contribution in [2.75, 3.05) is 0 Å². The standard InChI is InChI=1S/C16H19N3O/c1-11-3-5-13(6-4-11)9-16(7-8-16)19-15(20)14-17-10-12(2)18-14/h3-6,10H,7-9H2,1-2H3,(H,17,18)(H,19,20). The molecule has 3 rings (SSSR count). The number of aromatic amines is 1. The molecule has 20 heavy (non-hydrogen) atoms. The average molecular weight is 269 g/mol. The molecule has 2 N–H and O–H groups in total. The number of amides is 1. The molecule has 4 nitrogen and oxygen atoms in total. The van der Waals surface area contributed by atoms with Crippen molar-refractivity contribution in [3.63, 3.8) is 0 Å². The number of H-pyrrole nitrogens is 1. The van der Waals surface area contributed by atoms with Crippen LogP contribution in [0.5, 0.6) is 0 Å². The molecule has 0 saturated heterocycles. The number of carbonyl (C=O) groups is 1. The Labute approximate surface area is 118 Å². The minimum absolute atomic E-state index is 0.0764. The van der Waals surface area contributed by atoms with Crippen LogP contribution in [-0.2, 0) is 6.42 Å². The van der Waals surface area contributed by atoms with E-state index < -0.39 is 0 Å². The number of imidazole rings is 1. The largest absolute Gasteiger partial charge is 0.344 e. The average Bonchev–Trinajstić information content (AvgIpc) is 3.01. The minimum atomic E-state index is -0.109. The molecule has 1 heterocycles.